The molecule has 31 heavy (non-hydrogen) atoms. The lowest BCUT2D eigenvalue weighted by Crippen LogP contribution is -2.34. The van der Waals surface area contributed by atoms with Gasteiger partial charge in [-0.2, -0.15) is 15.0 Å². The van der Waals surface area contributed by atoms with E-state index in [1.165, 1.54) is 38.5 Å². The minimum absolute atomic E-state index is 0. The standard InChI is InChI=1S/C18H26N8.ClH.4H3N.4H2/c1-5-11-25(12-6-1)17-20-16(24-23-15-9-3-4-10-19-15)21-18(22-17)26-13-7-2-8-14-26;;;;;;;;;/h3-4,9-10H,1-2,5-8,11-14H2,(H,19,23)(H,20,21,22,24);1H;4*1H3;4*1H. The number of hydrogen-bond donors (Lipinski definition) is 6. The number of piperidine rings is 2. The number of rotatable bonds is 5. The lowest BCUT2D eigenvalue weighted by Gasteiger charge is -2.30. The van der Waals surface area contributed by atoms with Gasteiger partial charge in [0.15, 0.2) is 0 Å². The van der Waals surface area contributed by atoms with Gasteiger partial charge in [-0.25, -0.2) is 4.98 Å². The molecule has 12 nitrogen and oxygen atoms in total. The van der Waals surface area contributed by atoms with Crippen molar-refractivity contribution in [2.75, 3.05) is 46.8 Å². The first-order valence-corrected chi connectivity index (χ1v) is 9.57. The highest BCUT2D eigenvalue weighted by atomic mass is 35.5. The monoisotopic (exact) mass is 466 g/mol. The minimum atomic E-state index is 0. The van der Waals surface area contributed by atoms with Gasteiger partial charge in [-0.3, -0.25) is 10.9 Å². The molecule has 186 valence electrons. The fourth-order valence-electron chi connectivity index (χ4n) is 3.44. The van der Waals surface area contributed by atoms with Gasteiger partial charge in [-0.15, -0.1) is 12.4 Å². The first kappa shape index (κ1) is 30.7. The Bertz CT molecular complexity index is 690. The number of nitrogens with zero attached hydrogens (tertiary/aromatic N) is 6. The number of hydrazine groups is 1. The van der Waals surface area contributed by atoms with Crippen molar-refractivity contribution in [3.05, 3.63) is 24.4 Å². The fourth-order valence-corrected chi connectivity index (χ4v) is 3.44. The molecule has 2 aliphatic rings. The molecule has 14 N–H and O–H groups in total. The number of pyridine rings is 1. The van der Waals surface area contributed by atoms with Crippen LogP contribution in [-0.2, 0) is 0 Å². The first-order valence-electron chi connectivity index (χ1n) is 9.57. The van der Waals surface area contributed by atoms with Crippen LogP contribution in [0.4, 0.5) is 23.7 Å². The van der Waals surface area contributed by atoms with Crippen molar-refractivity contribution in [3.63, 3.8) is 0 Å². The molecule has 13 heteroatoms. The van der Waals surface area contributed by atoms with Crippen molar-refractivity contribution >= 4 is 36.1 Å². The maximum absolute atomic E-state index is 4.78. The molecule has 4 rings (SSSR count). The largest absolute Gasteiger partial charge is 0.344 e. The van der Waals surface area contributed by atoms with Gasteiger partial charge in [0.05, 0.1) is 0 Å². The molecule has 0 bridgehead atoms. The zero-order valence-electron chi connectivity index (χ0n) is 18.3. The van der Waals surface area contributed by atoms with Gasteiger partial charge in [0.1, 0.15) is 5.82 Å². The highest BCUT2D eigenvalue weighted by molar-refractivity contribution is 5.85. The summed E-state index contributed by atoms with van der Waals surface area (Å²) >= 11 is 0. The van der Waals surface area contributed by atoms with E-state index in [2.05, 4.69) is 35.6 Å². The summed E-state index contributed by atoms with van der Waals surface area (Å²) in [6.07, 6.45) is 9.09. The SMILES string of the molecule is Cl.N.N.N.N.[HH].[HH].[HH].[HH].c1ccc(NNc2nc(N3CCCCC3)nc(N3CCCCC3)n2)nc1. The molecule has 0 unspecified atom stereocenters. The Morgan fingerprint density at radius 2 is 1.19 bits per heavy atom. The van der Waals surface area contributed by atoms with Crippen LogP contribution in [0.3, 0.4) is 0 Å². The van der Waals surface area contributed by atoms with E-state index in [0.717, 1.165) is 43.9 Å². The van der Waals surface area contributed by atoms with E-state index in [4.69, 9.17) is 4.98 Å². The lowest BCUT2D eigenvalue weighted by atomic mass is 10.1. The second-order valence-corrected chi connectivity index (χ2v) is 6.82. The van der Waals surface area contributed by atoms with Crippen molar-refractivity contribution in [1.82, 2.24) is 44.5 Å². The van der Waals surface area contributed by atoms with E-state index in [9.17, 15) is 0 Å². The molecular formula is C18H47ClN12. The second-order valence-electron chi connectivity index (χ2n) is 6.82. The molecule has 0 aromatic carbocycles. The molecular weight excluding hydrogens is 420 g/mol. The summed E-state index contributed by atoms with van der Waals surface area (Å²) in [5.74, 6) is 2.80. The predicted octanol–water partition coefficient (Wildman–Crippen LogP) is 4.74. The molecule has 2 fully saturated rings. The normalized spacial score (nSPS) is 15.0. The van der Waals surface area contributed by atoms with E-state index in [0.29, 0.717) is 5.95 Å². The minimum Gasteiger partial charge on any atom is -0.344 e. The summed E-state index contributed by atoms with van der Waals surface area (Å²) in [4.78, 5) is 22.9. The third kappa shape index (κ3) is 8.26. The molecule has 0 aliphatic carbocycles. The molecule has 0 atom stereocenters. The summed E-state index contributed by atoms with van der Waals surface area (Å²) < 4.78 is 0. The van der Waals surface area contributed by atoms with Crippen LogP contribution < -0.4 is 45.3 Å². The van der Waals surface area contributed by atoms with Gasteiger partial charge in [0.25, 0.3) is 0 Å². The van der Waals surface area contributed by atoms with Gasteiger partial charge in [0.2, 0.25) is 17.8 Å². The number of nitrogens with one attached hydrogen (secondary N) is 2. The zero-order chi connectivity index (χ0) is 17.6. The summed E-state index contributed by atoms with van der Waals surface area (Å²) in [5.41, 5.74) is 6.16. The highest BCUT2D eigenvalue weighted by Crippen LogP contribution is 2.22. The Morgan fingerprint density at radius 3 is 1.65 bits per heavy atom. The maximum Gasteiger partial charge on any atom is 0.248 e. The third-order valence-electron chi connectivity index (χ3n) is 4.86. The number of halogens is 1. The van der Waals surface area contributed by atoms with Gasteiger partial charge in [-0.05, 0) is 50.7 Å². The molecule has 0 amide bonds. The van der Waals surface area contributed by atoms with Gasteiger partial charge < -0.3 is 34.4 Å². The van der Waals surface area contributed by atoms with Crippen molar-refractivity contribution < 1.29 is 5.71 Å². The lowest BCUT2D eigenvalue weighted by molar-refractivity contribution is 0.556. The van der Waals surface area contributed by atoms with Crippen LogP contribution >= 0.6 is 12.4 Å². The number of hydrogen-bond acceptors (Lipinski definition) is 12. The highest BCUT2D eigenvalue weighted by Gasteiger charge is 2.20. The van der Waals surface area contributed by atoms with Crippen LogP contribution in [0.25, 0.3) is 0 Å². The topological polar surface area (TPSA) is 222 Å². The summed E-state index contributed by atoms with van der Waals surface area (Å²) in [7, 11) is 0. The Morgan fingerprint density at radius 1 is 0.677 bits per heavy atom. The zero-order valence-corrected chi connectivity index (χ0v) is 19.1. The number of aromatic nitrogens is 4. The van der Waals surface area contributed by atoms with Crippen LogP contribution in [0.1, 0.15) is 44.2 Å². The Labute approximate surface area is 196 Å². The third-order valence-corrected chi connectivity index (χ3v) is 4.86. The fraction of sp³-hybridized carbons (Fsp3) is 0.556. The second kappa shape index (κ2) is 15.3. The van der Waals surface area contributed by atoms with Gasteiger partial charge >= 0.3 is 0 Å². The molecule has 0 spiro atoms. The molecule has 2 aliphatic heterocycles. The van der Waals surface area contributed by atoms with Crippen LogP contribution in [0, 0.1) is 0 Å². The Balaban J connectivity index is -0.000000234. The smallest absolute Gasteiger partial charge is 0.248 e. The summed E-state index contributed by atoms with van der Waals surface area (Å²) in [6, 6.07) is 5.71. The van der Waals surface area contributed by atoms with E-state index >= 15 is 0 Å². The Hall–Kier alpha value is -2.51. The molecule has 4 heterocycles. The van der Waals surface area contributed by atoms with Crippen molar-refractivity contribution in [2.24, 2.45) is 0 Å². The quantitative estimate of drug-likeness (QED) is 0.328. The molecule has 0 saturated carbocycles. The molecule has 2 saturated heterocycles. The van der Waals surface area contributed by atoms with Gasteiger partial charge in [-0.1, -0.05) is 6.07 Å². The van der Waals surface area contributed by atoms with Crippen LogP contribution in [0.2, 0.25) is 0 Å². The number of anilines is 4. The van der Waals surface area contributed by atoms with E-state index in [-0.39, 0.29) is 42.7 Å². The summed E-state index contributed by atoms with van der Waals surface area (Å²) in [5, 5.41) is 0. The predicted molar refractivity (Wildman–Crippen MR) is 139 cm³/mol. The van der Waals surface area contributed by atoms with Crippen molar-refractivity contribution in [1.29, 1.82) is 0 Å². The van der Waals surface area contributed by atoms with E-state index < -0.39 is 0 Å². The first-order chi connectivity index (χ1) is 12.9. The van der Waals surface area contributed by atoms with Gasteiger partial charge in [0, 0.05) is 38.1 Å². The van der Waals surface area contributed by atoms with E-state index in [1.807, 2.05) is 18.2 Å². The molecule has 2 aromatic rings. The average molecular weight is 467 g/mol. The Kier molecular flexibility index (Phi) is 15.2. The van der Waals surface area contributed by atoms with Crippen molar-refractivity contribution in [2.45, 2.75) is 38.5 Å². The average Bonchev–Trinajstić information content (AvgIpc) is 2.74. The van der Waals surface area contributed by atoms with Crippen LogP contribution in [0.5, 0.6) is 0 Å². The molecule has 2 aromatic heterocycles. The van der Waals surface area contributed by atoms with E-state index in [1.54, 1.807) is 6.20 Å². The molecule has 0 radical (unpaired) electrons. The van der Waals surface area contributed by atoms with Crippen LogP contribution in [-0.4, -0.2) is 46.1 Å². The van der Waals surface area contributed by atoms with Crippen LogP contribution in [0.15, 0.2) is 24.4 Å². The maximum atomic E-state index is 4.78. The summed E-state index contributed by atoms with van der Waals surface area (Å²) in [6.45, 7) is 4.04. The van der Waals surface area contributed by atoms with Crippen molar-refractivity contribution in [3.8, 4) is 0 Å².